The number of ketones is 2. The van der Waals surface area contributed by atoms with Crippen LogP contribution in [-0.4, -0.2) is 93.9 Å². The molecule has 1 amide bonds. The third-order valence-electron chi connectivity index (χ3n) is 11.1. The van der Waals surface area contributed by atoms with Crippen LogP contribution >= 0.6 is 11.3 Å². The molecule has 0 bridgehead atoms. The number of anilines is 1. The van der Waals surface area contributed by atoms with Crippen molar-refractivity contribution in [1.82, 2.24) is 24.9 Å². The number of ether oxygens (including phenoxy) is 3. The van der Waals surface area contributed by atoms with E-state index < -0.39 is 52.9 Å². The number of esters is 1. The highest BCUT2D eigenvalue weighted by Gasteiger charge is 2.59. The van der Waals surface area contributed by atoms with Gasteiger partial charge in [-0.2, -0.15) is 0 Å². The average molecular weight is 687 g/mol. The van der Waals surface area contributed by atoms with Crippen LogP contribution in [0.5, 0.6) is 0 Å². The minimum Gasteiger partial charge on any atom is -0.458 e. The van der Waals surface area contributed by atoms with Gasteiger partial charge in [-0.1, -0.05) is 50.7 Å². The summed E-state index contributed by atoms with van der Waals surface area (Å²) in [5.41, 5.74) is 5.12. The number of fused-ring (bicyclic) bond motifs is 1. The fourth-order valence-corrected chi connectivity index (χ4v) is 8.08. The molecule has 48 heavy (non-hydrogen) atoms. The van der Waals surface area contributed by atoms with Crippen LogP contribution in [-0.2, 0) is 35.1 Å². The first-order chi connectivity index (χ1) is 22.6. The summed E-state index contributed by atoms with van der Waals surface area (Å²) in [7, 11) is 3.59. The van der Waals surface area contributed by atoms with Crippen LogP contribution in [0.1, 0.15) is 80.6 Å². The van der Waals surface area contributed by atoms with E-state index in [-0.39, 0.29) is 23.6 Å². The molecule has 2 aliphatic heterocycles. The lowest BCUT2D eigenvalue weighted by molar-refractivity contribution is -0.171. The highest BCUT2D eigenvalue weighted by molar-refractivity contribution is 7.18. The van der Waals surface area contributed by atoms with Crippen LogP contribution < -0.4 is 5.73 Å². The van der Waals surface area contributed by atoms with Crippen LogP contribution in [0.15, 0.2) is 12.4 Å². The molecule has 2 aromatic heterocycles. The summed E-state index contributed by atoms with van der Waals surface area (Å²) in [6, 6.07) is -0.690. The molecule has 4 rings (SSSR count). The zero-order valence-corrected chi connectivity index (χ0v) is 30.5. The molecule has 2 fully saturated rings. The van der Waals surface area contributed by atoms with E-state index in [0.29, 0.717) is 56.0 Å². The van der Waals surface area contributed by atoms with Gasteiger partial charge in [0.1, 0.15) is 37.1 Å². The van der Waals surface area contributed by atoms with Crippen molar-refractivity contribution in [3.8, 4) is 10.6 Å². The third-order valence-corrected chi connectivity index (χ3v) is 11.9. The third kappa shape index (κ3) is 7.31. The molecule has 0 aromatic carbocycles. The van der Waals surface area contributed by atoms with E-state index in [2.05, 4.69) is 15.3 Å². The van der Waals surface area contributed by atoms with Gasteiger partial charge < -0.3 is 24.8 Å². The molecule has 9 atom stereocenters. The predicted molar refractivity (Wildman–Crippen MR) is 184 cm³/mol. The van der Waals surface area contributed by atoms with Gasteiger partial charge in [-0.15, -0.1) is 5.10 Å². The molecule has 0 spiro atoms. The Kier molecular flexibility index (Phi) is 11.8. The Bertz CT molecular complexity index is 1490. The first kappa shape index (κ1) is 37.5. The number of aryl methyl sites for hydroxylation is 1. The van der Waals surface area contributed by atoms with Gasteiger partial charge >= 0.3 is 12.1 Å². The van der Waals surface area contributed by atoms with Crippen molar-refractivity contribution in [2.45, 2.75) is 116 Å². The van der Waals surface area contributed by atoms with Crippen LogP contribution in [0, 0.1) is 23.7 Å². The quantitative estimate of drug-likeness (QED) is 0.175. The van der Waals surface area contributed by atoms with Crippen molar-refractivity contribution >= 4 is 47.9 Å². The molecule has 0 radical (unpaired) electrons. The summed E-state index contributed by atoms with van der Waals surface area (Å²) in [6.07, 6.45) is 4.44. The molecule has 15 heteroatoms. The second-order valence-electron chi connectivity index (χ2n) is 14.0. The van der Waals surface area contributed by atoms with Crippen molar-refractivity contribution in [2.75, 3.05) is 19.4 Å². The number of thiazole rings is 1. The van der Waals surface area contributed by atoms with Crippen molar-refractivity contribution in [3.63, 3.8) is 0 Å². The maximum Gasteiger partial charge on any atom is 0.410 e. The molecule has 2 aliphatic rings. The summed E-state index contributed by atoms with van der Waals surface area (Å²) < 4.78 is 19.6. The summed E-state index contributed by atoms with van der Waals surface area (Å²) in [5.74, 6) is -3.45. The number of methoxy groups -OCH3 is 1. The van der Waals surface area contributed by atoms with Crippen molar-refractivity contribution in [2.24, 2.45) is 23.7 Å². The Morgan fingerprint density at radius 2 is 1.83 bits per heavy atom. The molecule has 0 saturated carbocycles. The lowest BCUT2D eigenvalue weighted by Crippen LogP contribution is -2.57. The highest BCUT2D eigenvalue weighted by Crippen LogP contribution is 2.46. The SMILES string of the molecule is B[C@@]1(C(C)OC)CC[C@@H](C)C(=O)[C@H](C)[C@H]2N(CCCCn3cc(-c4cnc(N)s4)nn3)C(=O)O[C@]2(C)[C@@H](CC)OC(=O)[C@H](C)C(=O)[C@@H]1C. The molecule has 2 N–H and O–H groups in total. The maximum atomic E-state index is 14.2. The zero-order chi connectivity index (χ0) is 35.6. The van der Waals surface area contributed by atoms with Crippen LogP contribution in [0.2, 0.25) is 5.31 Å². The number of Topliss-reactive ketones (excluding diaryl/α,β-unsaturated/α-hetero) is 2. The number of amides is 1. The van der Waals surface area contributed by atoms with Gasteiger partial charge in [0.05, 0.1) is 23.2 Å². The molecular weight excluding hydrogens is 635 g/mol. The van der Waals surface area contributed by atoms with Gasteiger partial charge in [-0.3, -0.25) is 19.1 Å². The number of nitrogens with two attached hydrogens (primary N) is 1. The number of hydrogen-bond donors (Lipinski definition) is 1. The average Bonchev–Trinajstić information content (AvgIpc) is 3.78. The molecule has 4 heterocycles. The van der Waals surface area contributed by atoms with Gasteiger partial charge in [0, 0.05) is 44.1 Å². The zero-order valence-electron chi connectivity index (χ0n) is 29.7. The van der Waals surface area contributed by atoms with Crippen molar-refractivity contribution in [1.29, 1.82) is 0 Å². The second-order valence-corrected chi connectivity index (χ2v) is 15.1. The van der Waals surface area contributed by atoms with Crippen LogP contribution in [0.25, 0.3) is 10.6 Å². The Morgan fingerprint density at radius 3 is 2.46 bits per heavy atom. The first-order valence-corrected chi connectivity index (χ1v) is 17.8. The minimum absolute atomic E-state index is 0.00798. The van der Waals surface area contributed by atoms with Gasteiger partial charge in [0.25, 0.3) is 0 Å². The molecule has 13 nitrogen and oxygen atoms in total. The summed E-state index contributed by atoms with van der Waals surface area (Å²) in [4.78, 5) is 61.6. The number of carbonyl (C=O) groups is 4. The molecule has 2 saturated heterocycles. The number of cyclic esters (lactones) is 1. The van der Waals surface area contributed by atoms with Gasteiger partial charge in [-0.05, 0) is 51.8 Å². The highest BCUT2D eigenvalue weighted by atomic mass is 32.1. The van der Waals surface area contributed by atoms with E-state index in [4.69, 9.17) is 19.9 Å². The maximum absolute atomic E-state index is 14.2. The summed E-state index contributed by atoms with van der Waals surface area (Å²) in [6.45, 7) is 13.5. The largest absolute Gasteiger partial charge is 0.458 e. The van der Waals surface area contributed by atoms with Crippen LogP contribution in [0.3, 0.4) is 0 Å². The fraction of sp³-hybridized carbons (Fsp3) is 0.727. The van der Waals surface area contributed by atoms with Crippen molar-refractivity contribution in [3.05, 3.63) is 12.4 Å². The molecule has 2 aromatic rings. The number of hydrogen-bond acceptors (Lipinski definition) is 12. The van der Waals surface area contributed by atoms with E-state index >= 15 is 0 Å². The topological polar surface area (TPSA) is 169 Å². The fourth-order valence-electron chi connectivity index (χ4n) is 7.44. The van der Waals surface area contributed by atoms with E-state index in [1.165, 1.54) is 11.3 Å². The number of nitrogen functional groups attached to an aromatic ring is 1. The van der Waals surface area contributed by atoms with Gasteiger partial charge in [0.15, 0.2) is 10.7 Å². The molecular formula is C33H51BN6O7S. The lowest BCUT2D eigenvalue weighted by Gasteiger charge is -2.43. The monoisotopic (exact) mass is 686 g/mol. The standard InChI is InChI=1S/C33H51BN6O7S/c1-9-25-32(7)28(40(31(44)47-32)15-11-10-14-39-17-23(37-38-39)24-16-36-30(35)48-24)19(3)26(41)18(2)12-13-33(34,22(6)45-8)21(5)27(42)20(4)29(43)46-25/h16-22,25,28H,9-15,34H2,1-8H3,(H2,35,36)/t18-,19+,20-,21+,22?,25-,28-,32-,33+/m1/s1. The first-order valence-electron chi connectivity index (χ1n) is 17.0. The van der Waals surface area contributed by atoms with Crippen LogP contribution in [0.4, 0.5) is 9.93 Å². The number of rotatable bonds is 9. The number of carbonyl (C=O) groups excluding carboxylic acids is 4. The number of unbranched alkanes of at least 4 members (excludes halogenated alkanes) is 1. The molecule has 1 unspecified atom stereocenters. The summed E-state index contributed by atoms with van der Waals surface area (Å²) in [5, 5.41) is 8.26. The van der Waals surface area contributed by atoms with E-state index in [1.54, 1.807) is 36.7 Å². The number of aromatic nitrogens is 4. The van der Waals surface area contributed by atoms with E-state index in [0.717, 1.165) is 4.88 Å². The summed E-state index contributed by atoms with van der Waals surface area (Å²) >= 11 is 1.34. The predicted octanol–water partition coefficient (Wildman–Crippen LogP) is 3.97. The Hall–Kier alpha value is -3.33. The smallest absolute Gasteiger partial charge is 0.410 e. The number of nitrogens with zero attached hydrogens (tertiary/aromatic N) is 5. The Labute approximate surface area is 288 Å². The van der Waals surface area contributed by atoms with E-state index in [1.807, 2.05) is 48.7 Å². The molecule has 264 valence electrons. The Morgan fingerprint density at radius 1 is 1.15 bits per heavy atom. The lowest BCUT2D eigenvalue weighted by atomic mass is 9.53. The van der Waals surface area contributed by atoms with E-state index in [9.17, 15) is 19.2 Å². The normalized spacial score (nSPS) is 32.8. The second kappa shape index (κ2) is 15.1. The van der Waals surface area contributed by atoms with Crippen molar-refractivity contribution < 1.29 is 33.4 Å². The van der Waals surface area contributed by atoms with Gasteiger partial charge in [-0.25, -0.2) is 9.78 Å². The Balaban J connectivity index is 1.59. The molecule has 0 aliphatic carbocycles. The minimum atomic E-state index is -1.31. The van der Waals surface area contributed by atoms with Gasteiger partial charge in [0.2, 0.25) is 0 Å².